The molecule has 0 radical (unpaired) electrons. The Bertz CT molecular complexity index is 1580. The molecule has 0 aliphatic carbocycles. The molecule has 8 nitrogen and oxygen atoms in total. The van der Waals surface area contributed by atoms with Gasteiger partial charge in [0.15, 0.2) is 5.78 Å². The average Bonchev–Trinajstić information content (AvgIpc) is 3.67. The van der Waals surface area contributed by atoms with Gasteiger partial charge in [-0.15, -0.1) is 0 Å². The number of nitrogens with zero attached hydrogens (tertiary/aromatic N) is 1. The number of benzene rings is 3. The fourth-order valence-corrected chi connectivity index (χ4v) is 7.93. The molecule has 39 heavy (non-hydrogen) atoms. The number of ether oxygens (including phenoxy) is 2. The van der Waals surface area contributed by atoms with Gasteiger partial charge in [0.25, 0.3) is 5.91 Å². The molecule has 4 atom stereocenters. The van der Waals surface area contributed by atoms with E-state index in [9.17, 15) is 14.4 Å². The van der Waals surface area contributed by atoms with Crippen molar-refractivity contribution in [3.63, 3.8) is 0 Å². The molecule has 4 heterocycles. The van der Waals surface area contributed by atoms with Crippen LogP contribution in [-0.2, 0) is 20.5 Å². The molecular formula is C31H29N3O5. The van der Waals surface area contributed by atoms with Gasteiger partial charge >= 0.3 is 0 Å². The first kappa shape index (κ1) is 23.9. The molecule has 2 saturated heterocycles. The number of para-hydroxylation sites is 2. The maximum absolute atomic E-state index is 14.9. The van der Waals surface area contributed by atoms with Crippen molar-refractivity contribution in [2.45, 2.75) is 36.8 Å². The molecule has 2 amide bonds. The van der Waals surface area contributed by atoms with Crippen LogP contribution in [0.2, 0.25) is 0 Å². The lowest BCUT2D eigenvalue weighted by Crippen LogP contribution is -2.62. The summed E-state index contributed by atoms with van der Waals surface area (Å²) in [6, 6.07) is 18.1. The molecule has 2 N–H and O–H groups in total. The van der Waals surface area contributed by atoms with E-state index in [1.807, 2.05) is 49.4 Å². The predicted molar refractivity (Wildman–Crippen MR) is 145 cm³/mol. The number of aryl methyl sites for hydroxylation is 1. The zero-order valence-electron chi connectivity index (χ0n) is 22.0. The Morgan fingerprint density at radius 3 is 2.54 bits per heavy atom. The van der Waals surface area contributed by atoms with Crippen molar-refractivity contribution in [1.29, 1.82) is 0 Å². The van der Waals surface area contributed by atoms with Crippen molar-refractivity contribution in [1.82, 2.24) is 4.90 Å². The van der Waals surface area contributed by atoms with Crippen LogP contribution >= 0.6 is 0 Å². The third-order valence-corrected chi connectivity index (χ3v) is 9.29. The molecule has 4 aliphatic rings. The summed E-state index contributed by atoms with van der Waals surface area (Å²) in [5, 5.41) is 6.21. The van der Waals surface area contributed by atoms with Crippen molar-refractivity contribution in [2.75, 3.05) is 31.4 Å². The van der Waals surface area contributed by atoms with Gasteiger partial charge in [-0.2, -0.15) is 0 Å². The summed E-state index contributed by atoms with van der Waals surface area (Å²) >= 11 is 0. The molecule has 0 saturated carbocycles. The molecule has 7 rings (SSSR count). The van der Waals surface area contributed by atoms with E-state index in [4.69, 9.17) is 9.47 Å². The Labute approximate surface area is 226 Å². The largest absolute Gasteiger partial charge is 0.497 e. The summed E-state index contributed by atoms with van der Waals surface area (Å²) < 4.78 is 11.1. The Kier molecular flexibility index (Phi) is 5.01. The van der Waals surface area contributed by atoms with E-state index in [2.05, 4.69) is 15.5 Å². The van der Waals surface area contributed by atoms with Crippen LogP contribution in [0, 0.1) is 12.8 Å². The molecule has 0 aromatic heterocycles. The van der Waals surface area contributed by atoms with Crippen molar-refractivity contribution in [3.05, 3.63) is 82.9 Å². The SMILES string of the molecule is COc1ccc(OC)c(C(=O)C2C3CCCN3C3(C(=O)Nc4c(C)cccc43)C23C(=O)Nc2ccccc23)c1. The lowest BCUT2D eigenvalue weighted by molar-refractivity contribution is -0.137. The summed E-state index contributed by atoms with van der Waals surface area (Å²) in [5.41, 5.74) is 1.14. The predicted octanol–water partition coefficient (Wildman–Crippen LogP) is 4.03. The molecule has 4 aliphatic heterocycles. The minimum atomic E-state index is -1.50. The topological polar surface area (TPSA) is 97.0 Å². The molecule has 198 valence electrons. The number of nitrogens with one attached hydrogen (secondary N) is 2. The number of carbonyl (C=O) groups excluding carboxylic acids is 3. The zero-order valence-corrected chi connectivity index (χ0v) is 22.0. The number of anilines is 2. The molecule has 3 aromatic carbocycles. The number of methoxy groups -OCH3 is 2. The van der Waals surface area contributed by atoms with Gasteiger partial charge in [-0.05, 0) is 61.7 Å². The number of Topliss-reactive ketones (excluding diaryl/α,β-unsaturated/α-hetero) is 1. The summed E-state index contributed by atoms with van der Waals surface area (Å²) in [7, 11) is 3.07. The molecule has 0 bridgehead atoms. The first-order valence-corrected chi connectivity index (χ1v) is 13.3. The minimum absolute atomic E-state index is 0.236. The lowest BCUT2D eigenvalue weighted by atomic mass is 9.57. The highest BCUT2D eigenvalue weighted by molar-refractivity contribution is 6.21. The number of rotatable bonds is 4. The van der Waals surface area contributed by atoms with Gasteiger partial charge in [0.1, 0.15) is 22.5 Å². The Morgan fingerprint density at radius 2 is 1.74 bits per heavy atom. The van der Waals surface area contributed by atoms with Gasteiger partial charge in [-0.1, -0.05) is 36.4 Å². The van der Waals surface area contributed by atoms with Crippen LogP contribution < -0.4 is 20.1 Å². The van der Waals surface area contributed by atoms with Crippen LogP contribution in [0.15, 0.2) is 60.7 Å². The van der Waals surface area contributed by atoms with Crippen molar-refractivity contribution >= 4 is 29.0 Å². The van der Waals surface area contributed by atoms with Gasteiger partial charge in [0, 0.05) is 23.0 Å². The highest BCUT2D eigenvalue weighted by Gasteiger charge is 2.81. The smallest absolute Gasteiger partial charge is 0.251 e. The number of carbonyl (C=O) groups is 3. The molecule has 8 heteroatoms. The quantitative estimate of drug-likeness (QED) is 0.502. The number of ketones is 1. The standard InChI is InChI=1S/C31H29N3O5/c1-17-8-6-10-21-26(17)33-29(37)31(21)30(20-9-4-5-11-22(20)32-28(30)36)25(23-12-7-15-34(23)31)27(35)19-16-18(38-2)13-14-24(19)39-3/h4-6,8-11,13-14,16,23,25H,7,12,15H2,1-3H3,(H,32,36)(H,33,37). The first-order valence-electron chi connectivity index (χ1n) is 13.3. The van der Waals surface area contributed by atoms with Crippen LogP contribution in [0.1, 0.15) is 39.9 Å². The lowest BCUT2D eigenvalue weighted by Gasteiger charge is -2.43. The number of amides is 2. The van der Waals surface area contributed by atoms with E-state index in [1.165, 1.54) is 7.11 Å². The Balaban J connectivity index is 1.58. The Hall–Kier alpha value is -4.17. The second kappa shape index (κ2) is 8.16. The molecule has 3 aromatic rings. The normalized spacial score (nSPS) is 28.3. The second-order valence-corrected chi connectivity index (χ2v) is 10.8. The van der Waals surface area contributed by atoms with Crippen molar-refractivity contribution < 1.29 is 23.9 Å². The zero-order chi connectivity index (χ0) is 27.1. The van der Waals surface area contributed by atoms with E-state index in [0.29, 0.717) is 41.3 Å². The highest BCUT2D eigenvalue weighted by Crippen LogP contribution is 2.68. The van der Waals surface area contributed by atoms with Gasteiger partial charge in [0.2, 0.25) is 5.91 Å². The highest BCUT2D eigenvalue weighted by atomic mass is 16.5. The van der Waals surface area contributed by atoms with Crippen molar-refractivity contribution in [3.8, 4) is 11.5 Å². The second-order valence-electron chi connectivity index (χ2n) is 10.8. The maximum Gasteiger partial charge on any atom is 0.251 e. The van der Waals surface area contributed by atoms with E-state index >= 15 is 0 Å². The molecule has 4 unspecified atom stereocenters. The molecule has 2 fully saturated rings. The third kappa shape index (κ3) is 2.69. The summed E-state index contributed by atoms with van der Waals surface area (Å²) in [6.07, 6.45) is 1.51. The van der Waals surface area contributed by atoms with E-state index in [0.717, 1.165) is 23.2 Å². The maximum atomic E-state index is 14.9. The van der Waals surface area contributed by atoms with Gasteiger partial charge in [-0.3, -0.25) is 19.3 Å². The number of hydrogen-bond acceptors (Lipinski definition) is 6. The summed E-state index contributed by atoms with van der Waals surface area (Å²) in [5.74, 6) is -0.760. The van der Waals surface area contributed by atoms with Crippen LogP contribution in [0.5, 0.6) is 11.5 Å². The number of fused-ring (bicyclic) bond motifs is 7. The van der Waals surface area contributed by atoms with E-state index in [1.54, 1.807) is 25.3 Å². The van der Waals surface area contributed by atoms with Gasteiger partial charge in [-0.25, -0.2) is 0 Å². The van der Waals surface area contributed by atoms with Crippen LogP contribution in [-0.4, -0.2) is 49.3 Å². The molecule has 2 spiro atoms. The summed E-state index contributed by atoms with van der Waals surface area (Å²) in [6.45, 7) is 2.55. The van der Waals surface area contributed by atoms with Crippen LogP contribution in [0.3, 0.4) is 0 Å². The number of hydrogen-bond donors (Lipinski definition) is 2. The van der Waals surface area contributed by atoms with Gasteiger partial charge in [0.05, 0.1) is 25.7 Å². The average molecular weight is 524 g/mol. The van der Waals surface area contributed by atoms with Crippen LogP contribution in [0.4, 0.5) is 11.4 Å². The van der Waals surface area contributed by atoms with Gasteiger partial charge < -0.3 is 20.1 Å². The summed E-state index contributed by atoms with van der Waals surface area (Å²) in [4.78, 5) is 46.1. The van der Waals surface area contributed by atoms with Crippen molar-refractivity contribution in [2.24, 2.45) is 5.92 Å². The third-order valence-electron chi connectivity index (χ3n) is 9.29. The fraction of sp³-hybridized carbons (Fsp3) is 0.323. The van der Waals surface area contributed by atoms with Crippen LogP contribution in [0.25, 0.3) is 0 Å². The monoisotopic (exact) mass is 523 g/mol. The fourth-order valence-electron chi connectivity index (χ4n) is 7.93. The molecular weight excluding hydrogens is 494 g/mol. The Morgan fingerprint density at radius 1 is 0.949 bits per heavy atom. The van der Waals surface area contributed by atoms with E-state index in [-0.39, 0.29) is 23.6 Å². The first-order chi connectivity index (χ1) is 18.9. The van der Waals surface area contributed by atoms with E-state index < -0.39 is 16.9 Å². The minimum Gasteiger partial charge on any atom is -0.497 e.